The lowest BCUT2D eigenvalue weighted by Gasteiger charge is -1.84. The third-order valence-electron chi connectivity index (χ3n) is 0.905. The van der Waals surface area contributed by atoms with Crippen molar-refractivity contribution in [2.45, 2.75) is 19.3 Å². The quantitative estimate of drug-likeness (QED) is 0.453. The standard InChI is InChI=1S/C7H11NO/c8-6-4-2-1-3-5-7-9/h1-2,9H,3-5,7H2/b2-1+. The number of aliphatic hydroxyl groups is 1. The van der Waals surface area contributed by atoms with Crippen LogP contribution in [0.3, 0.4) is 0 Å². The van der Waals surface area contributed by atoms with Crippen LogP contribution in [-0.2, 0) is 0 Å². The molecule has 0 heterocycles. The van der Waals surface area contributed by atoms with Crippen molar-refractivity contribution in [3.8, 4) is 6.07 Å². The molecule has 0 aliphatic carbocycles. The lowest BCUT2D eigenvalue weighted by Crippen LogP contribution is -1.77. The van der Waals surface area contributed by atoms with Crippen molar-refractivity contribution >= 4 is 0 Å². The van der Waals surface area contributed by atoms with Crippen LogP contribution in [0.1, 0.15) is 19.3 Å². The first-order valence-electron chi connectivity index (χ1n) is 3.04. The van der Waals surface area contributed by atoms with Crippen LogP contribution in [-0.4, -0.2) is 11.7 Å². The maximum absolute atomic E-state index is 8.32. The molecule has 0 saturated carbocycles. The van der Waals surface area contributed by atoms with E-state index in [1.54, 1.807) is 0 Å². The Balaban J connectivity index is 2.97. The minimum Gasteiger partial charge on any atom is -0.396 e. The van der Waals surface area contributed by atoms with Gasteiger partial charge in [-0.1, -0.05) is 12.2 Å². The van der Waals surface area contributed by atoms with Gasteiger partial charge in [0, 0.05) is 6.61 Å². The summed E-state index contributed by atoms with van der Waals surface area (Å²) < 4.78 is 0. The van der Waals surface area contributed by atoms with Crippen LogP contribution in [0.5, 0.6) is 0 Å². The van der Waals surface area contributed by atoms with E-state index in [0.29, 0.717) is 6.42 Å². The highest BCUT2D eigenvalue weighted by atomic mass is 16.2. The molecule has 0 spiro atoms. The second kappa shape index (κ2) is 7.19. The molecule has 9 heavy (non-hydrogen) atoms. The molecule has 0 aliphatic rings. The molecule has 0 bridgehead atoms. The Morgan fingerprint density at radius 3 is 2.78 bits per heavy atom. The SMILES string of the molecule is N#CC/C=C/CCCO. The highest BCUT2D eigenvalue weighted by Crippen LogP contribution is 1.89. The molecule has 50 valence electrons. The van der Waals surface area contributed by atoms with Crippen molar-refractivity contribution in [2.24, 2.45) is 0 Å². The fourth-order valence-corrected chi connectivity index (χ4v) is 0.463. The Morgan fingerprint density at radius 1 is 1.44 bits per heavy atom. The highest BCUT2D eigenvalue weighted by molar-refractivity contribution is 4.90. The van der Waals surface area contributed by atoms with E-state index in [-0.39, 0.29) is 6.61 Å². The van der Waals surface area contributed by atoms with Gasteiger partial charge >= 0.3 is 0 Å². The van der Waals surface area contributed by atoms with E-state index in [1.165, 1.54) is 0 Å². The Kier molecular flexibility index (Phi) is 6.54. The monoisotopic (exact) mass is 125 g/mol. The third-order valence-corrected chi connectivity index (χ3v) is 0.905. The number of hydrogen-bond donors (Lipinski definition) is 1. The van der Waals surface area contributed by atoms with E-state index in [0.717, 1.165) is 12.8 Å². The third kappa shape index (κ3) is 7.19. The van der Waals surface area contributed by atoms with Crippen molar-refractivity contribution in [1.82, 2.24) is 0 Å². The van der Waals surface area contributed by atoms with Gasteiger partial charge < -0.3 is 5.11 Å². The average molecular weight is 125 g/mol. The number of allylic oxidation sites excluding steroid dienone is 2. The second-order valence-electron chi connectivity index (χ2n) is 1.70. The summed E-state index contributed by atoms with van der Waals surface area (Å²) >= 11 is 0. The zero-order valence-electron chi connectivity index (χ0n) is 5.38. The van der Waals surface area contributed by atoms with Gasteiger partial charge in [0.1, 0.15) is 0 Å². The van der Waals surface area contributed by atoms with Gasteiger partial charge in [-0.3, -0.25) is 0 Å². The summed E-state index contributed by atoms with van der Waals surface area (Å²) in [6, 6.07) is 2.00. The molecule has 0 unspecified atom stereocenters. The molecule has 2 nitrogen and oxygen atoms in total. The van der Waals surface area contributed by atoms with Gasteiger partial charge in [0.2, 0.25) is 0 Å². The minimum atomic E-state index is 0.233. The smallest absolute Gasteiger partial charge is 0.0663 e. The van der Waals surface area contributed by atoms with Crippen LogP contribution in [0.4, 0.5) is 0 Å². The molecule has 0 rings (SSSR count). The molecule has 0 saturated heterocycles. The van der Waals surface area contributed by atoms with Gasteiger partial charge in [0.05, 0.1) is 12.5 Å². The highest BCUT2D eigenvalue weighted by Gasteiger charge is 1.76. The molecule has 0 aromatic rings. The number of rotatable bonds is 4. The predicted molar refractivity (Wildman–Crippen MR) is 35.7 cm³/mol. The first kappa shape index (κ1) is 8.19. The molecular weight excluding hydrogens is 114 g/mol. The van der Waals surface area contributed by atoms with Crippen LogP contribution in [0.25, 0.3) is 0 Å². The molecule has 1 N–H and O–H groups in total. The van der Waals surface area contributed by atoms with Crippen molar-refractivity contribution in [3.05, 3.63) is 12.2 Å². The number of nitrogens with zero attached hydrogens (tertiary/aromatic N) is 1. The number of aliphatic hydroxyl groups excluding tert-OH is 1. The summed E-state index contributed by atoms with van der Waals surface area (Å²) in [5, 5.41) is 16.4. The predicted octanol–water partition coefficient (Wildman–Crippen LogP) is 1.23. The Hall–Kier alpha value is -0.810. The van der Waals surface area contributed by atoms with E-state index in [2.05, 4.69) is 0 Å². The lowest BCUT2D eigenvalue weighted by molar-refractivity contribution is 0.289. The van der Waals surface area contributed by atoms with Gasteiger partial charge in [-0.15, -0.1) is 0 Å². The molecule has 0 radical (unpaired) electrons. The summed E-state index contributed by atoms with van der Waals surface area (Å²) in [6.07, 6.45) is 5.88. The van der Waals surface area contributed by atoms with Crippen LogP contribution < -0.4 is 0 Å². The molecule has 0 aromatic heterocycles. The summed E-state index contributed by atoms with van der Waals surface area (Å²) in [7, 11) is 0. The van der Waals surface area contributed by atoms with E-state index in [9.17, 15) is 0 Å². The Morgan fingerprint density at radius 2 is 2.22 bits per heavy atom. The molecular formula is C7H11NO. The molecule has 0 atom stereocenters. The van der Waals surface area contributed by atoms with Gasteiger partial charge in [-0.25, -0.2) is 0 Å². The lowest BCUT2D eigenvalue weighted by atomic mass is 10.3. The zero-order valence-corrected chi connectivity index (χ0v) is 5.38. The molecule has 0 fully saturated rings. The number of unbranched alkanes of at least 4 members (excludes halogenated alkanes) is 1. The number of nitriles is 1. The normalized spacial score (nSPS) is 9.78. The molecule has 0 aromatic carbocycles. The maximum Gasteiger partial charge on any atom is 0.0663 e. The minimum absolute atomic E-state index is 0.233. The summed E-state index contributed by atoms with van der Waals surface area (Å²) in [5.74, 6) is 0. The summed E-state index contributed by atoms with van der Waals surface area (Å²) in [5.41, 5.74) is 0. The Bertz CT molecular complexity index is 113. The van der Waals surface area contributed by atoms with Crippen molar-refractivity contribution in [2.75, 3.05) is 6.61 Å². The van der Waals surface area contributed by atoms with Gasteiger partial charge in [0.25, 0.3) is 0 Å². The van der Waals surface area contributed by atoms with E-state index < -0.39 is 0 Å². The average Bonchev–Trinajstić information content (AvgIpc) is 1.89. The fraction of sp³-hybridized carbons (Fsp3) is 0.571. The zero-order chi connectivity index (χ0) is 6.95. The maximum atomic E-state index is 8.32. The van der Waals surface area contributed by atoms with E-state index in [4.69, 9.17) is 10.4 Å². The van der Waals surface area contributed by atoms with Crippen LogP contribution in [0.15, 0.2) is 12.2 Å². The van der Waals surface area contributed by atoms with Gasteiger partial charge in [-0.2, -0.15) is 5.26 Å². The van der Waals surface area contributed by atoms with Crippen molar-refractivity contribution in [1.29, 1.82) is 5.26 Å². The summed E-state index contributed by atoms with van der Waals surface area (Å²) in [6.45, 7) is 0.233. The van der Waals surface area contributed by atoms with Crippen molar-refractivity contribution in [3.63, 3.8) is 0 Å². The summed E-state index contributed by atoms with van der Waals surface area (Å²) in [4.78, 5) is 0. The topological polar surface area (TPSA) is 44.0 Å². The molecule has 2 heteroatoms. The molecule has 0 aliphatic heterocycles. The Labute approximate surface area is 55.4 Å². The van der Waals surface area contributed by atoms with Crippen LogP contribution in [0, 0.1) is 11.3 Å². The first-order chi connectivity index (χ1) is 4.41. The van der Waals surface area contributed by atoms with Crippen LogP contribution >= 0.6 is 0 Å². The first-order valence-corrected chi connectivity index (χ1v) is 3.04. The van der Waals surface area contributed by atoms with Gasteiger partial charge in [-0.05, 0) is 12.8 Å². The second-order valence-corrected chi connectivity index (χ2v) is 1.70. The molecule has 0 amide bonds. The van der Waals surface area contributed by atoms with E-state index in [1.807, 2.05) is 18.2 Å². The van der Waals surface area contributed by atoms with Gasteiger partial charge in [0.15, 0.2) is 0 Å². The van der Waals surface area contributed by atoms with Crippen molar-refractivity contribution < 1.29 is 5.11 Å². The number of hydrogen-bond acceptors (Lipinski definition) is 2. The fourth-order valence-electron chi connectivity index (χ4n) is 0.463. The van der Waals surface area contributed by atoms with Crippen LogP contribution in [0.2, 0.25) is 0 Å². The van der Waals surface area contributed by atoms with E-state index >= 15 is 0 Å². The largest absolute Gasteiger partial charge is 0.396 e.